The van der Waals surface area contributed by atoms with Crippen LogP contribution >= 0.6 is 0 Å². The van der Waals surface area contributed by atoms with E-state index in [1.165, 1.54) is 4.80 Å². The third-order valence-electron chi connectivity index (χ3n) is 3.11. The fourth-order valence-electron chi connectivity index (χ4n) is 2.02. The summed E-state index contributed by atoms with van der Waals surface area (Å²) in [4.78, 5) is 5.69. The van der Waals surface area contributed by atoms with Crippen LogP contribution in [0, 0.1) is 0 Å². The van der Waals surface area contributed by atoms with Crippen molar-refractivity contribution >= 4 is 0 Å². The SMILES string of the molecule is CCNCc1ccncc1-n1nnc(-c2ccccc2)n1. The predicted octanol–water partition coefficient (Wildman–Crippen LogP) is 1.83. The Morgan fingerprint density at radius 2 is 2.00 bits per heavy atom. The number of tetrazole rings is 1. The summed E-state index contributed by atoms with van der Waals surface area (Å²) in [5, 5.41) is 16.0. The first-order valence-electron chi connectivity index (χ1n) is 6.88. The monoisotopic (exact) mass is 280 g/mol. The van der Waals surface area contributed by atoms with E-state index in [0.717, 1.165) is 29.9 Å². The van der Waals surface area contributed by atoms with Crippen molar-refractivity contribution in [3.8, 4) is 17.1 Å². The van der Waals surface area contributed by atoms with Crippen LogP contribution in [0.25, 0.3) is 17.1 Å². The lowest BCUT2D eigenvalue weighted by molar-refractivity contribution is 0.680. The van der Waals surface area contributed by atoms with Crippen LogP contribution in [0.3, 0.4) is 0 Å². The summed E-state index contributed by atoms with van der Waals surface area (Å²) in [7, 11) is 0. The van der Waals surface area contributed by atoms with Crippen molar-refractivity contribution in [2.24, 2.45) is 0 Å². The average Bonchev–Trinajstić information content (AvgIpc) is 3.04. The van der Waals surface area contributed by atoms with E-state index >= 15 is 0 Å². The highest BCUT2D eigenvalue weighted by Crippen LogP contribution is 2.15. The van der Waals surface area contributed by atoms with Crippen molar-refractivity contribution in [2.75, 3.05) is 6.54 Å². The summed E-state index contributed by atoms with van der Waals surface area (Å²) >= 11 is 0. The lowest BCUT2D eigenvalue weighted by Crippen LogP contribution is -2.15. The third kappa shape index (κ3) is 2.95. The van der Waals surface area contributed by atoms with Crippen LogP contribution in [-0.4, -0.2) is 31.7 Å². The van der Waals surface area contributed by atoms with Crippen molar-refractivity contribution in [3.63, 3.8) is 0 Å². The van der Waals surface area contributed by atoms with Gasteiger partial charge in [0, 0.05) is 18.3 Å². The Morgan fingerprint density at radius 3 is 2.81 bits per heavy atom. The first-order valence-corrected chi connectivity index (χ1v) is 6.88. The van der Waals surface area contributed by atoms with Gasteiger partial charge in [-0.1, -0.05) is 37.3 Å². The highest BCUT2D eigenvalue weighted by molar-refractivity contribution is 5.53. The average molecular weight is 280 g/mol. The summed E-state index contributed by atoms with van der Waals surface area (Å²) in [6.45, 7) is 3.72. The quantitative estimate of drug-likeness (QED) is 0.772. The molecule has 1 N–H and O–H groups in total. The Balaban J connectivity index is 1.93. The molecule has 2 aromatic heterocycles. The number of hydrogen-bond donors (Lipinski definition) is 1. The molecule has 1 aromatic carbocycles. The Kier molecular flexibility index (Phi) is 3.97. The maximum absolute atomic E-state index is 4.45. The molecule has 0 aliphatic rings. The largest absolute Gasteiger partial charge is 0.313 e. The van der Waals surface area contributed by atoms with E-state index in [4.69, 9.17) is 0 Å². The van der Waals surface area contributed by atoms with Crippen molar-refractivity contribution in [3.05, 3.63) is 54.4 Å². The molecule has 0 aliphatic heterocycles. The highest BCUT2D eigenvalue weighted by Gasteiger charge is 2.10. The molecule has 0 saturated heterocycles. The smallest absolute Gasteiger partial charge is 0.205 e. The van der Waals surface area contributed by atoms with Gasteiger partial charge in [-0.15, -0.1) is 15.0 Å². The van der Waals surface area contributed by atoms with Crippen LogP contribution in [0.4, 0.5) is 0 Å². The summed E-state index contributed by atoms with van der Waals surface area (Å²) in [5.74, 6) is 0.605. The van der Waals surface area contributed by atoms with E-state index in [1.54, 1.807) is 12.4 Å². The Labute approximate surface area is 122 Å². The minimum atomic E-state index is 0.605. The molecular formula is C15H16N6. The molecule has 0 fully saturated rings. The van der Waals surface area contributed by atoms with Crippen LogP contribution in [-0.2, 0) is 6.54 Å². The fourth-order valence-corrected chi connectivity index (χ4v) is 2.02. The van der Waals surface area contributed by atoms with E-state index in [0.29, 0.717) is 5.82 Å². The van der Waals surface area contributed by atoms with Gasteiger partial charge in [0.25, 0.3) is 0 Å². The number of benzene rings is 1. The number of nitrogens with zero attached hydrogens (tertiary/aromatic N) is 5. The van der Waals surface area contributed by atoms with Crippen molar-refractivity contribution in [1.82, 2.24) is 30.5 Å². The minimum absolute atomic E-state index is 0.605. The topological polar surface area (TPSA) is 68.5 Å². The fraction of sp³-hybridized carbons (Fsp3) is 0.200. The zero-order chi connectivity index (χ0) is 14.5. The zero-order valence-corrected chi connectivity index (χ0v) is 11.8. The summed E-state index contributed by atoms with van der Waals surface area (Å²) in [6, 6.07) is 11.8. The van der Waals surface area contributed by atoms with Crippen molar-refractivity contribution < 1.29 is 0 Å². The molecule has 6 heteroatoms. The van der Waals surface area contributed by atoms with E-state index in [1.807, 2.05) is 36.4 Å². The Bertz CT molecular complexity index is 707. The summed E-state index contributed by atoms with van der Waals surface area (Å²) in [6.07, 6.45) is 3.52. The Morgan fingerprint density at radius 1 is 1.14 bits per heavy atom. The second kappa shape index (κ2) is 6.23. The number of aromatic nitrogens is 5. The first-order chi connectivity index (χ1) is 10.4. The lowest BCUT2D eigenvalue weighted by Gasteiger charge is -2.07. The van der Waals surface area contributed by atoms with Gasteiger partial charge in [-0.3, -0.25) is 4.98 Å². The van der Waals surface area contributed by atoms with Crippen LogP contribution in [0.5, 0.6) is 0 Å². The molecule has 106 valence electrons. The number of pyridine rings is 1. The van der Waals surface area contributed by atoms with Gasteiger partial charge in [0.05, 0.1) is 6.20 Å². The molecule has 0 radical (unpaired) electrons. The number of hydrogen-bond acceptors (Lipinski definition) is 5. The molecule has 0 bridgehead atoms. The first kappa shape index (κ1) is 13.4. The molecule has 21 heavy (non-hydrogen) atoms. The van der Waals surface area contributed by atoms with E-state index in [9.17, 15) is 0 Å². The highest BCUT2D eigenvalue weighted by atomic mass is 15.6. The van der Waals surface area contributed by atoms with Crippen LogP contribution < -0.4 is 5.32 Å². The van der Waals surface area contributed by atoms with Gasteiger partial charge in [-0.05, 0) is 23.4 Å². The van der Waals surface area contributed by atoms with Crippen LogP contribution in [0.15, 0.2) is 48.8 Å². The van der Waals surface area contributed by atoms with E-state index in [-0.39, 0.29) is 0 Å². The number of nitrogens with one attached hydrogen (secondary N) is 1. The molecule has 0 unspecified atom stereocenters. The molecule has 0 atom stereocenters. The van der Waals surface area contributed by atoms with Crippen molar-refractivity contribution in [1.29, 1.82) is 0 Å². The number of rotatable bonds is 5. The molecule has 0 spiro atoms. The second-order valence-corrected chi connectivity index (χ2v) is 4.55. The van der Waals surface area contributed by atoms with Gasteiger partial charge < -0.3 is 5.32 Å². The molecule has 2 heterocycles. The van der Waals surface area contributed by atoms with Gasteiger partial charge >= 0.3 is 0 Å². The second-order valence-electron chi connectivity index (χ2n) is 4.55. The van der Waals surface area contributed by atoms with Gasteiger partial charge in [0.15, 0.2) is 0 Å². The van der Waals surface area contributed by atoms with Gasteiger partial charge in [0.2, 0.25) is 5.82 Å². The molecule has 0 saturated carbocycles. The zero-order valence-electron chi connectivity index (χ0n) is 11.8. The Hall–Kier alpha value is -2.60. The maximum atomic E-state index is 4.45. The summed E-state index contributed by atoms with van der Waals surface area (Å²) in [5.41, 5.74) is 2.87. The van der Waals surface area contributed by atoms with E-state index < -0.39 is 0 Å². The van der Waals surface area contributed by atoms with Gasteiger partial charge in [-0.25, -0.2) is 0 Å². The van der Waals surface area contributed by atoms with Crippen LogP contribution in [0.1, 0.15) is 12.5 Å². The van der Waals surface area contributed by atoms with Gasteiger partial charge in [0.1, 0.15) is 5.69 Å². The molecule has 3 rings (SSSR count). The van der Waals surface area contributed by atoms with Crippen LogP contribution in [0.2, 0.25) is 0 Å². The molecule has 3 aromatic rings. The van der Waals surface area contributed by atoms with Gasteiger partial charge in [-0.2, -0.15) is 0 Å². The molecule has 6 nitrogen and oxygen atoms in total. The standard InChI is InChI=1S/C15H16N6/c1-2-16-10-13-8-9-17-11-14(13)21-19-15(18-20-21)12-6-4-3-5-7-12/h3-9,11,16H,2,10H2,1H3. The molecule has 0 aliphatic carbocycles. The van der Waals surface area contributed by atoms with Crippen molar-refractivity contribution in [2.45, 2.75) is 13.5 Å². The minimum Gasteiger partial charge on any atom is -0.313 e. The lowest BCUT2D eigenvalue weighted by atomic mass is 10.2. The normalized spacial score (nSPS) is 10.7. The predicted molar refractivity (Wildman–Crippen MR) is 79.8 cm³/mol. The third-order valence-corrected chi connectivity index (χ3v) is 3.11. The molecule has 0 amide bonds. The van der Waals surface area contributed by atoms with E-state index in [2.05, 4.69) is 32.6 Å². The maximum Gasteiger partial charge on any atom is 0.205 e. The summed E-state index contributed by atoms with van der Waals surface area (Å²) < 4.78 is 0. The molecular weight excluding hydrogens is 264 g/mol.